The SMILES string of the molecule is COCCC(NCc1nnc(C)o1)c1ccc(Cl)c(Cl)c1. The number of aromatic nitrogens is 2. The maximum absolute atomic E-state index is 6.08. The van der Waals surface area contributed by atoms with Crippen molar-refractivity contribution < 1.29 is 9.15 Å². The topological polar surface area (TPSA) is 60.2 Å². The van der Waals surface area contributed by atoms with Gasteiger partial charge in [0.25, 0.3) is 0 Å². The molecule has 0 aliphatic rings. The molecule has 0 aliphatic carbocycles. The molecule has 0 saturated heterocycles. The molecule has 0 saturated carbocycles. The first-order valence-corrected chi connectivity index (χ1v) is 7.32. The minimum absolute atomic E-state index is 0.0620. The predicted molar refractivity (Wildman–Crippen MR) is 81.6 cm³/mol. The Morgan fingerprint density at radius 3 is 2.71 bits per heavy atom. The number of benzene rings is 1. The van der Waals surface area contributed by atoms with E-state index in [9.17, 15) is 0 Å². The third-order valence-corrected chi connectivity index (χ3v) is 3.76. The molecule has 1 heterocycles. The first kappa shape index (κ1) is 16.2. The Morgan fingerprint density at radius 2 is 2.10 bits per heavy atom. The number of hydrogen-bond acceptors (Lipinski definition) is 5. The van der Waals surface area contributed by atoms with Crippen LogP contribution in [0.4, 0.5) is 0 Å². The molecule has 2 rings (SSSR count). The van der Waals surface area contributed by atoms with Gasteiger partial charge in [-0.15, -0.1) is 10.2 Å². The lowest BCUT2D eigenvalue weighted by atomic mass is 10.0. The first-order valence-electron chi connectivity index (χ1n) is 6.56. The molecule has 5 nitrogen and oxygen atoms in total. The quantitative estimate of drug-likeness (QED) is 0.841. The lowest BCUT2D eigenvalue weighted by molar-refractivity contribution is 0.182. The number of hydrogen-bond donors (Lipinski definition) is 1. The summed E-state index contributed by atoms with van der Waals surface area (Å²) >= 11 is 12.0. The number of nitrogens with one attached hydrogen (secondary N) is 1. The molecule has 1 unspecified atom stereocenters. The fourth-order valence-corrected chi connectivity index (χ4v) is 2.28. The van der Waals surface area contributed by atoms with E-state index >= 15 is 0 Å². The van der Waals surface area contributed by atoms with Crippen LogP contribution in [0.15, 0.2) is 22.6 Å². The van der Waals surface area contributed by atoms with Crippen molar-refractivity contribution in [3.05, 3.63) is 45.6 Å². The number of rotatable bonds is 7. The number of ether oxygens (including phenoxy) is 1. The molecule has 0 fully saturated rings. The average molecular weight is 330 g/mol. The van der Waals surface area contributed by atoms with E-state index in [-0.39, 0.29) is 6.04 Å². The van der Waals surface area contributed by atoms with Crippen LogP contribution in [-0.2, 0) is 11.3 Å². The van der Waals surface area contributed by atoms with Crippen LogP contribution in [0, 0.1) is 6.92 Å². The summed E-state index contributed by atoms with van der Waals surface area (Å²) in [6.07, 6.45) is 0.793. The molecule has 0 radical (unpaired) electrons. The summed E-state index contributed by atoms with van der Waals surface area (Å²) in [7, 11) is 1.67. The monoisotopic (exact) mass is 329 g/mol. The molecule has 0 bridgehead atoms. The van der Waals surface area contributed by atoms with Gasteiger partial charge in [-0.25, -0.2) is 0 Å². The van der Waals surface area contributed by atoms with Gasteiger partial charge in [-0.05, 0) is 24.1 Å². The molecule has 2 aromatic rings. The van der Waals surface area contributed by atoms with Gasteiger partial charge in [0.1, 0.15) is 0 Å². The second-order valence-electron chi connectivity index (χ2n) is 4.60. The summed E-state index contributed by atoms with van der Waals surface area (Å²) in [6, 6.07) is 5.65. The second-order valence-corrected chi connectivity index (χ2v) is 5.42. The third kappa shape index (κ3) is 4.68. The molecule has 1 atom stereocenters. The number of halogens is 2. The molecule has 0 amide bonds. The lowest BCUT2D eigenvalue weighted by Crippen LogP contribution is -2.22. The van der Waals surface area contributed by atoms with E-state index in [1.807, 2.05) is 12.1 Å². The Kier molecular flexibility index (Phi) is 5.99. The lowest BCUT2D eigenvalue weighted by Gasteiger charge is -2.18. The zero-order valence-corrected chi connectivity index (χ0v) is 13.4. The number of methoxy groups -OCH3 is 1. The summed E-state index contributed by atoms with van der Waals surface area (Å²) in [4.78, 5) is 0. The zero-order chi connectivity index (χ0) is 15.2. The highest BCUT2D eigenvalue weighted by atomic mass is 35.5. The molecule has 7 heteroatoms. The molecule has 1 N–H and O–H groups in total. The molecule has 1 aromatic carbocycles. The maximum atomic E-state index is 6.08. The maximum Gasteiger partial charge on any atom is 0.230 e. The summed E-state index contributed by atoms with van der Waals surface area (Å²) in [5.41, 5.74) is 1.04. The minimum Gasteiger partial charge on any atom is -0.424 e. The highest BCUT2D eigenvalue weighted by Gasteiger charge is 2.14. The van der Waals surface area contributed by atoms with Crippen molar-refractivity contribution in [2.45, 2.75) is 25.9 Å². The second kappa shape index (κ2) is 7.75. The minimum atomic E-state index is 0.0620. The van der Waals surface area contributed by atoms with Crippen LogP contribution in [0.5, 0.6) is 0 Å². The highest BCUT2D eigenvalue weighted by molar-refractivity contribution is 6.42. The van der Waals surface area contributed by atoms with Crippen LogP contribution >= 0.6 is 23.2 Å². The van der Waals surface area contributed by atoms with Crippen LogP contribution in [0.3, 0.4) is 0 Å². The molecule has 0 spiro atoms. The standard InChI is InChI=1S/C14H17Cl2N3O2/c1-9-18-19-14(21-9)8-17-13(5-6-20-2)10-3-4-11(15)12(16)7-10/h3-4,7,13,17H,5-6,8H2,1-2H3. The summed E-state index contributed by atoms with van der Waals surface area (Å²) in [5.74, 6) is 1.10. The fraction of sp³-hybridized carbons (Fsp3) is 0.429. The van der Waals surface area contributed by atoms with E-state index in [2.05, 4.69) is 15.5 Å². The summed E-state index contributed by atoms with van der Waals surface area (Å²) in [5, 5.41) is 12.2. The van der Waals surface area contributed by atoms with Crippen molar-refractivity contribution in [3.63, 3.8) is 0 Å². The Morgan fingerprint density at radius 1 is 1.29 bits per heavy atom. The van der Waals surface area contributed by atoms with Crippen molar-refractivity contribution in [2.75, 3.05) is 13.7 Å². The Bertz CT molecular complexity index is 589. The number of nitrogens with zero attached hydrogens (tertiary/aromatic N) is 2. The Balaban J connectivity index is 2.07. The Hall–Kier alpha value is -1.14. The van der Waals surface area contributed by atoms with Gasteiger partial charge in [-0.1, -0.05) is 29.3 Å². The van der Waals surface area contributed by atoms with Crippen LogP contribution in [-0.4, -0.2) is 23.9 Å². The van der Waals surface area contributed by atoms with Crippen molar-refractivity contribution in [1.29, 1.82) is 0 Å². The molecular weight excluding hydrogens is 313 g/mol. The van der Waals surface area contributed by atoms with E-state index in [1.165, 1.54) is 0 Å². The van der Waals surface area contributed by atoms with Gasteiger partial charge < -0.3 is 14.5 Å². The van der Waals surface area contributed by atoms with E-state index < -0.39 is 0 Å². The fourth-order valence-electron chi connectivity index (χ4n) is 1.97. The van der Waals surface area contributed by atoms with Crippen molar-refractivity contribution in [3.8, 4) is 0 Å². The molecule has 1 aromatic heterocycles. The molecular formula is C14H17Cl2N3O2. The van der Waals surface area contributed by atoms with Crippen molar-refractivity contribution in [1.82, 2.24) is 15.5 Å². The van der Waals surface area contributed by atoms with Gasteiger partial charge in [0.15, 0.2) is 0 Å². The van der Waals surface area contributed by atoms with Gasteiger partial charge >= 0.3 is 0 Å². The van der Waals surface area contributed by atoms with Gasteiger partial charge in [-0.3, -0.25) is 0 Å². The summed E-state index contributed by atoms with van der Waals surface area (Å²) < 4.78 is 10.5. The van der Waals surface area contributed by atoms with E-state index in [4.69, 9.17) is 32.4 Å². The van der Waals surface area contributed by atoms with Crippen LogP contribution in [0.2, 0.25) is 10.0 Å². The van der Waals surface area contributed by atoms with Gasteiger partial charge in [0.05, 0.1) is 16.6 Å². The molecule has 0 aliphatic heterocycles. The largest absolute Gasteiger partial charge is 0.424 e. The van der Waals surface area contributed by atoms with Gasteiger partial charge in [0.2, 0.25) is 11.8 Å². The highest BCUT2D eigenvalue weighted by Crippen LogP contribution is 2.27. The van der Waals surface area contributed by atoms with E-state index in [0.717, 1.165) is 12.0 Å². The summed E-state index contributed by atoms with van der Waals surface area (Å²) in [6.45, 7) is 2.87. The smallest absolute Gasteiger partial charge is 0.230 e. The molecule has 114 valence electrons. The van der Waals surface area contributed by atoms with Crippen LogP contribution in [0.1, 0.15) is 29.8 Å². The first-order chi connectivity index (χ1) is 10.1. The van der Waals surface area contributed by atoms with E-state index in [1.54, 1.807) is 20.1 Å². The van der Waals surface area contributed by atoms with Gasteiger partial charge in [0, 0.05) is 26.7 Å². The predicted octanol–water partition coefficient (Wildman–Crippen LogP) is 3.55. The van der Waals surface area contributed by atoms with E-state index in [0.29, 0.717) is 35.0 Å². The zero-order valence-electron chi connectivity index (χ0n) is 11.9. The van der Waals surface area contributed by atoms with Crippen LogP contribution < -0.4 is 5.32 Å². The van der Waals surface area contributed by atoms with Crippen molar-refractivity contribution in [2.24, 2.45) is 0 Å². The Labute approximate surface area is 133 Å². The average Bonchev–Trinajstić information content (AvgIpc) is 2.88. The normalized spacial score (nSPS) is 12.6. The molecule has 21 heavy (non-hydrogen) atoms. The van der Waals surface area contributed by atoms with Crippen molar-refractivity contribution >= 4 is 23.2 Å². The van der Waals surface area contributed by atoms with Gasteiger partial charge in [-0.2, -0.15) is 0 Å². The third-order valence-electron chi connectivity index (χ3n) is 3.02. The van der Waals surface area contributed by atoms with Crippen LogP contribution in [0.25, 0.3) is 0 Å². The number of aryl methyl sites for hydroxylation is 1.